The van der Waals surface area contributed by atoms with Gasteiger partial charge in [-0.1, -0.05) is 69.0 Å². The molecular weight excluding hydrogens is 613 g/mol. The maximum atomic E-state index is 13.8. The van der Waals surface area contributed by atoms with Crippen LogP contribution in [0, 0.1) is 6.92 Å². The molecule has 0 heterocycles. The highest BCUT2D eigenvalue weighted by molar-refractivity contribution is 9.10. The molecule has 3 aromatic rings. The fourth-order valence-corrected chi connectivity index (χ4v) is 5.92. The lowest BCUT2D eigenvalue weighted by Crippen LogP contribution is -2.51. The molecule has 0 aliphatic heterocycles. The predicted molar refractivity (Wildman–Crippen MR) is 155 cm³/mol. The van der Waals surface area contributed by atoms with E-state index in [2.05, 4.69) is 21.2 Å². The molecule has 1 atom stereocenters. The van der Waals surface area contributed by atoms with Gasteiger partial charge in [0, 0.05) is 27.6 Å². The van der Waals surface area contributed by atoms with E-state index in [4.69, 9.17) is 23.2 Å². The van der Waals surface area contributed by atoms with Gasteiger partial charge >= 0.3 is 0 Å². The largest absolute Gasteiger partial charge is 0.355 e. The highest BCUT2D eigenvalue weighted by Gasteiger charge is 2.32. The van der Waals surface area contributed by atoms with E-state index in [9.17, 15) is 18.0 Å². The number of carbonyl (C=O) groups excluding carboxylic acids is 2. The Balaban J connectivity index is 2.06. The lowest BCUT2D eigenvalue weighted by molar-refractivity contribution is -0.139. The Bertz CT molecular complexity index is 1380. The number of amides is 2. The van der Waals surface area contributed by atoms with Crippen molar-refractivity contribution in [3.05, 3.63) is 92.4 Å². The Kier molecular flexibility index (Phi) is 10.2. The molecule has 0 saturated carbocycles. The first kappa shape index (κ1) is 30.0. The second kappa shape index (κ2) is 13.0. The second-order valence-corrected chi connectivity index (χ2v) is 12.3. The lowest BCUT2D eigenvalue weighted by Gasteiger charge is -2.32. The summed E-state index contributed by atoms with van der Waals surface area (Å²) < 4.78 is 29.5. The molecule has 0 radical (unpaired) electrons. The SMILES string of the molecule is CCNC(=O)C(C)N(Cc1ccc(Br)cc1)C(=O)CN(c1cc(Cl)cc(Cl)c1)S(=O)(=O)c1ccc(C)cc1. The van der Waals surface area contributed by atoms with Crippen LogP contribution in [-0.2, 0) is 26.2 Å². The molecule has 3 rings (SSSR count). The highest BCUT2D eigenvalue weighted by atomic mass is 79.9. The summed E-state index contributed by atoms with van der Waals surface area (Å²) >= 11 is 15.8. The van der Waals surface area contributed by atoms with Crippen LogP contribution in [0.2, 0.25) is 10.0 Å². The molecule has 0 bridgehead atoms. The van der Waals surface area contributed by atoms with Gasteiger partial charge in [0.15, 0.2) is 0 Å². The zero-order chi connectivity index (χ0) is 28.0. The van der Waals surface area contributed by atoms with Gasteiger partial charge in [0.05, 0.1) is 10.6 Å². The third-order valence-corrected chi connectivity index (χ3v) is 8.56. The van der Waals surface area contributed by atoms with Gasteiger partial charge in [-0.15, -0.1) is 0 Å². The first-order valence-electron chi connectivity index (χ1n) is 11.8. The van der Waals surface area contributed by atoms with Crippen molar-refractivity contribution in [1.82, 2.24) is 10.2 Å². The molecule has 0 aliphatic rings. The van der Waals surface area contributed by atoms with Crippen molar-refractivity contribution in [2.75, 3.05) is 17.4 Å². The number of carbonyl (C=O) groups is 2. The van der Waals surface area contributed by atoms with Crippen LogP contribution in [0.25, 0.3) is 0 Å². The van der Waals surface area contributed by atoms with E-state index in [-0.39, 0.29) is 33.1 Å². The average molecular weight is 641 g/mol. The number of hydrogen-bond acceptors (Lipinski definition) is 4. The molecule has 7 nitrogen and oxygen atoms in total. The summed E-state index contributed by atoms with van der Waals surface area (Å²) in [4.78, 5) is 27.9. The Morgan fingerprint density at radius 2 is 1.55 bits per heavy atom. The Morgan fingerprint density at radius 3 is 2.11 bits per heavy atom. The molecule has 0 saturated heterocycles. The zero-order valence-corrected chi connectivity index (χ0v) is 25.0. The van der Waals surface area contributed by atoms with Gasteiger partial charge in [0.2, 0.25) is 11.8 Å². The molecule has 11 heteroatoms. The van der Waals surface area contributed by atoms with Crippen LogP contribution in [0.3, 0.4) is 0 Å². The molecule has 0 spiro atoms. The van der Waals surface area contributed by atoms with Gasteiger partial charge in [-0.05, 0) is 68.8 Å². The number of benzene rings is 3. The van der Waals surface area contributed by atoms with Gasteiger partial charge in [0.1, 0.15) is 12.6 Å². The summed E-state index contributed by atoms with van der Waals surface area (Å²) in [6.07, 6.45) is 0. The minimum atomic E-state index is -4.21. The fourth-order valence-electron chi connectivity index (χ4n) is 3.74. The van der Waals surface area contributed by atoms with Crippen LogP contribution in [0.4, 0.5) is 5.69 Å². The second-order valence-electron chi connectivity index (χ2n) is 8.67. The predicted octanol–water partition coefficient (Wildman–Crippen LogP) is 5.81. The van der Waals surface area contributed by atoms with Crippen molar-refractivity contribution in [2.24, 2.45) is 0 Å². The topological polar surface area (TPSA) is 86.8 Å². The van der Waals surface area contributed by atoms with Crippen molar-refractivity contribution >= 4 is 66.7 Å². The Labute approximate surface area is 241 Å². The van der Waals surface area contributed by atoms with Crippen molar-refractivity contribution in [3.63, 3.8) is 0 Å². The third-order valence-electron chi connectivity index (χ3n) is 5.81. The molecule has 2 amide bonds. The van der Waals surface area contributed by atoms with E-state index < -0.39 is 28.5 Å². The van der Waals surface area contributed by atoms with E-state index in [0.717, 1.165) is 19.9 Å². The molecule has 38 heavy (non-hydrogen) atoms. The number of halogens is 3. The normalized spacial score (nSPS) is 12.1. The number of nitrogens with one attached hydrogen (secondary N) is 1. The number of rotatable bonds is 10. The maximum Gasteiger partial charge on any atom is 0.264 e. The van der Waals surface area contributed by atoms with Crippen LogP contribution in [0.5, 0.6) is 0 Å². The van der Waals surface area contributed by atoms with Crippen LogP contribution >= 0.6 is 39.1 Å². The van der Waals surface area contributed by atoms with Crippen LogP contribution < -0.4 is 9.62 Å². The minimum absolute atomic E-state index is 0.00299. The van der Waals surface area contributed by atoms with E-state index in [1.807, 2.05) is 31.2 Å². The van der Waals surface area contributed by atoms with Crippen LogP contribution in [0.15, 0.2) is 76.1 Å². The van der Waals surface area contributed by atoms with Gasteiger partial charge in [-0.25, -0.2) is 8.42 Å². The summed E-state index contributed by atoms with van der Waals surface area (Å²) in [5.41, 5.74) is 1.79. The number of anilines is 1. The summed E-state index contributed by atoms with van der Waals surface area (Å²) in [5.74, 6) is -0.921. The first-order valence-corrected chi connectivity index (χ1v) is 14.8. The van der Waals surface area contributed by atoms with Crippen molar-refractivity contribution < 1.29 is 18.0 Å². The zero-order valence-electron chi connectivity index (χ0n) is 21.1. The third kappa shape index (κ3) is 7.50. The molecule has 0 aromatic heterocycles. The van der Waals surface area contributed by atoms with E-state index in [1.54, 1.807) is 26.0 Å². The van der Waals surface area contributed by atoms with Gasteiger partial charge < -0.3 is 10.2 Å². The average Bonchev–Trinajstić information content (AvgIpc) is 2.86. The van der Waals surface area contributed by atoms with Crippen molar-refractivity contribution in [3.8, 4) is 0 Å². The highest BCUT2D eigenvalue weighted by Crippen LogP contribution is 2.30. The summed E-state index contributed by atoms with van der Waals surface area (Å²) in [6, 6.07) is 17.1. The van der Waals surface area contributed by atoms with Crippen molar-refractivity contribution in [1.29, 1.82) is 0 Å². The number of nitrogens with zero attached hydrogens (tertiary/aromatic N) is 2. The lowest BCUT2D eigenvalue weighted by atomic mass is 10.1. The fraction of sp³-hybridized carbons (Fsp3) is 0.259. The molecule has 1 N–H and O–H groups in total. The van der Waals surface area contributed by atoms with Gasteiger partial charge in [-0.3, -0.25) is 13.9 Å². The maximum absolute atomic E-state index is 13.8. The minimum Gasteiger partial charge on any atom is -0.355 e. The van der Waals surface area contributed by atoms with Crippen LogP contribution in [0.1, 0.15) is 25.0 Å². The summed E-state index contributed by atoms with van der Waals surface area (Å²) in [6.45, 7) is 5.14. The standard InChI is InChI=1S/C27H28BrCl2N3O4S/c1-4-31-27(35)19(3)32(16-20-7-9-21(28)10-8-20)26(34)17-33(24-14-22(29)13-23(30)15-24)38(36,37)25-11-5-18(2)6-12-25/h5-15,19H,4,16-17H2,1-3H3,(H,31,35). The molecular formula is C27H28BrCl2N3O4S. The summed E-state index contributed by atoms with van der Waals surface area (Å²) in [7, 11) is -4.21. The van der Waals surface area contributed by atoms with Crippen molar-refractivity contribution in [2.45, 2.75) is 38.3 Å². The van der Waals surface area contributed by atoms with Gasteiger partial charge in [-0.2, -0.15) is 0 Å². The van der Waals surface area contributed by atoms with Crippen LogP contribution in [-0.4, -0.2) is 44.3 Å². The Hall–Kier alpha value is -2.59. The molecule has 3 aromatic carbocycles. The van der Waals surface area contributed by atoms with E-state index >= 15 is 0 Å². The number of likely N-dealkylation sites (N-methyl/N-ethyl adjacent to an activating group) is 1. The smallest absolute Gasteiger partial charge is 0.264 e. The van der Waals surface area contributed by atoms with E-state index in [1.165, 1.54) is 35.2 Å². The Morgan fingerprint density at radius 1 is 0.974 bits per heavy atom. The first-order chi connectivity index (χ1) is 17.9. The quantitative estimate of drug-likeness (QED) is 0.303. The molecule has 202 valence electrons. The molecule has 1 unspecified atom stereocenters. The van der Waals surface area contributed by atoms with E-state index in [0.29, 0.717) is 6.54 Å². The molecule has 0 aliphatic carbocycles. The number of sulfonamides is 1. The number of hydrogen-bond donors (Lipinski definition) is 1. The number of aryl methyl sites for hydroxylation is 1. The summed E-state index contributed by atoms with van der Waals surface area (Å²) in [5, 5.41) is 3.16. The molecule has 0 fully saturated rings. The van der Waals surface area contributed by atoms with Gasteiger partial charge in [0.25, 0.3) is 10.0 Å². The monoisotopic (exact) mass is 639 g/mol.